The fourth-order valence-corrected chi connectivity index (χ4v) is 1.14. The average Bonchev–Trinajstić information content (AvgIpc) is 2.30. The molecule has 1 rings (SSSR count). The lowest BCUT2D eigenvalue weighted by Gasteiger charge is -2.04. The molecule has 0 aliphatic carbocycles. The highest BCUT2D eigenvalue weighted by molar-refractivity contribution is 5.13. The smallest absolute Gasteiger partial charge is 0.0887 e. The Morgan fingerprint density at radius 3 is 2.80 bits per heavy atom. The second kappa shape index (κ2) is 7.34. The third-order valence-corrected chi connectivity index (χ3v) is 2.01. The molecule has 84 valence electrons. The van der Waals surface area contributed by atoms with Gasteiger partial charge in [0.15, 0.2) is 0 Å². The molecule has 0 amide bonds. The fourth-order valence-electron chi connectivity index (χ4n) is 1.14. The standard InChI is InChI=1S/C11H18N2O2/c1-14-5-2-6-15-9-11-4-3-10(7-12)8-13-11/h3-4,8H,2,5-7,9,12H2,1H3. The molecule has 0 unspecified atom stereocenters. The average molecular weight is 210 g/mol. The van der Waals surface area contributed by atoms with Crippen molar-refractivity contribution in [3.63, 3.8) is 0 Å². The topological polar surface area (TPSA) is 57.4 Å². The van der Waals surface area contributed by atoms with E-state index in [-0.39, 0.29) is 0 Å². The fraction of sp³-hybridized carbons (Fsp3) is 0.545. The zero-order valence-electron chi connectivity index (χ0n) is 9.11. The van der Waals surface area contributed by atoms with E-state index in [0.717, 1.165) is 24.3 Å². The first-order valence-corrected chi connectivity index (χ1v) is 5.07. The van der Waals surface area contributed by atoms with E-state index in [1.165, 1.54) is 0 Å². The number of hydrogen-bond donors (Lipinski definition) is 1. The molecule has 4 heteroatoms. The predicted molar refractivity (Wildman–Crippen MR) is 58.3 cm³/mol. The lowest BCUT2D eigenvalue weighted by Crippen LogP contribution is -2.02. The van der Waals surface area contributed by atoms with Gasteiger partial charge in [-0.1, -0.05) is 6.07 Å². The van der Waals surface area contributed by atoms with Crippen LogP contribution in [0.1, 0.15) is 17.7 Å². The Morgan fingerprint density at radius 2 is 2.20 bits per heavy atom. The molecule has 1 heterocycles. The van der Waals surface area contributed by atoms with Crippen molar-refractivity contribution < 1.29 is 9.47 Å². The van der Waals surface area contributed by atoms with E-state index >= 15 is 0 Å². The zero-order valence-corrected chi connectivity index (χ0v) is 9.11. The molecule has 4 nitrogen and oxygen atoms in total. The molecule has 0 aromatic carbocycles. The van der Waals surface area contributed by atoms with Crippen LogP contribution < -0.4 is 5.73 Å². The first-order valence-electron chi connectivity index (χ1n) is 5.07. The van der Waals surface area contributed by atoms with Gasteiger partial charge in [-0.15, -0.1) is 0 Å². The summed E-state index contributed by atoms with van der Waals surface area (Å²) in [4.78, 5) is 4.23. The minimum absolute atomic E-state index is 0.530. The van der Waals surface area contributed by atoms with E-state index in [4.69, 9.17) is 15.2 Å². The molecule has 0 fully saturated rings. The highest BCUT2D eigenvalue weighted by atomic mass is 16.5. The van der Waals surface area contributed by atoms with Crippen LogP contribution in [-0.2, 0) is 22.6 Å². The minimum atomic E-state index is 0.530. The summed E-state index contributed by atoms with van der Waals surface area (Å²) >= 11 is 0. The van der Waals surface area contributed by atoms with Gasteiger partial charge in [0.1, 0.15) is 0 Å². The van der Waals surface area contributed by atoms with Crippen LogP contribution in [0, 0.1) is 0 Å². The number of aromatic nitrogens is 1. The first-order chi connectivity index (χ1) is 7.36. The van der Waals surface area contributed by atoms with Crippen LogP contribution >= 0.6 is 0 Å². The number of nitrogens with two attached hydrogens (primary N) is 1. The van der Waals surface area contributed by atoms with Crippen LogP contribution in [0.5, 0.6) is 0 Å². The van der Waals surface area contributed by atoms with Crippen molar-refractivity contribution >= 4 is 0 Å². The monoisotopic (exact) mass is 210 g/mol. The summed E-state index contributed by atoms with van der Waals surface area (Å²) in [5.41, 5.74) is 7.44. The predicted octanol–water partition coefficient (Wildman–Crippen LogP) is 1.09. The molecule has 0 bridgehead atoms. The molecule has 0 saturated heterocycles. The van der Waals surface area contributed by atoms with Gasteiger partial charge < -0.3 is 15.2 Å². The van der Waals surface area contributed by atoms with Crippen LogP contribution in [0.2, 0.25) is 0 Å². The minimum Gasteiger partial charge on any atom is -0.385 e. The lowest BCUT2D eigenvalue weighted by molar-refractivity contribution is 0.0910. The van der Waals surface area contributed by atoms with Crippen molar-refractivity contribution in [2.75, 3.05) is 20.3 Å². The van der Waals surface area contributed by atoms with Gasteiger partial charge in [0.25, 0.3) is 0 Å². The maximum atomic E-state index is 5.47. The Kier molecular flexibility index (Phi) is 5.92. The van der Waals surface area contributed by atoms with E-state index in [1.807, 2.05) is 12.1 Å². The van der Waals surface area contributed by atoms with Gasteiger partial charge in [0.2, 0.25) is 0 Å². The van der Waals surface area contributed by atoms with E-state index in [0.29, 0.717) is 19.8 Å². The van der Waals surface area contributed by atoms with Crippen molar-refractivity contribution in [3.05, 3.63) is 29.6 Å². The summed E-state index contributed by atoms with van der Waals surface area (Å²) in [6.07, 6.45) is 2.70. The van der Waals surface area contributed by atoms with Crippen molar-refractivity contribution in [3.8, 4) is 0 Å². The second-order valence-electron chi connectivity index (χ2n) is 3.26. The molecule has 1 aromatic rings. The quantitative estimate of drug-likeness (QED) is 0.684. The van der Waals surface area contributed by atoms with Crippen LogP contribution in [0.4, 0.5) is 0 Å². The van der Waals surface area contributed by atoms with Gasteiger partial charge in [0.05, 0.1) is 12.3 Å². The Labute approximate surface area is 90.4 Å². The van der Waals surface area contributed by atoms with Crippen molar-refractivity contribution in [1.29, 1.82) is 0 Å². The SMILES string of the molecule is COCCCOCc1ccc(CN)cn1. The van der Waals surface area contributed by atoms with Crippen LogP contribution in [0.25, 0.3) is 0 Å². The maximum Gasteiger partial charge on any atom is 0.0887 e. The number of methoxy groups -OCH3 is 1. The number of pyridine rings is 1. The Balaban J connectivity index is 2.20. The molecule has 0 spiro atoms. The van der Waals surface area contributed by atoms with Crippen LogP contribution in [0.3, 0.4) is 0 Å². The summed E-state index contributed by atoms with van der Waals surface area (Å²) in [6.45, 7) is 2.52. The van der Waals surface area contributed by atoms with Crippen LogP contribution in [0.15, 0.2) is 18.3 Å². The van der Waals surface area contributed by atoms with Crippen LogP contribution in [-0.4, -0.2) is 25.3 Å². The molecule has 0 aliphatic heterocycles. The molecule has 1 aromatic heterocycles. The summed E-state index contributed by atoms with van der Waals surface area (Å²) in [5.74, 6) is 0. The molecule has 0 aliphatic rings. The normalized spacial score (nSPS) is 10.5. The highest BCUT2D eigenvalue weighted by Crippen LogP contribution is 2.01. The van der Waals surface area contributed by atoms with Crippen molar-refractivity contribution in [1.82, 2.24) is 4.98 Å². The molecule has 15 heavy (non-hydrogen) atoms. The molecule has 2 N–H and O–H groups in total. The Bertz CT molecular complexity index is 262. The van der Waals surface area contributed by atoms with E-state index in [9.17, 15) is 0 Å². The highest BCUT2D eigenvalue weighted by Gasteiger charge is 1.95. The largest absolute Gasteiger partial charge is 0.385 e. The molecule has 0 saturated carbocycles. The zero-order chi connectivity index (χ0) is 10.9. The van der Waals surface area contributed by atoms with Gasteiger partial charge in [-0.3, -0.25) is 4.98 Å². The number of rotatable bonds is 7. The number of nitrogens with zero attached hydrogens (tertiary/aromatic N) is 1. The summed E-state index contributed by atoms with van der Waals surface area (Å²) in [7, 11) is 1.69. The van der Waals surface area contributed by atoms with E-state index < -0.39 is 0 Å². The third-order valence-electron chi connectivity index (χ3n) is 2.01. The maximum absolute atomic E-state index is 5.47. The molecule has 0 radical (unpaired) electrons. The Morgan fingerprint density at radius 1 is 1.33 bits per heavy atom. The molecular formula is C11H18N2O2. The van der Waals surface area contributed by atoms with Gasteiger partial charge in [-0.25, -0.2) is 0 Å². The summed E-state index contributed by atoms with van der Waals surface area (Å²) in [5, 5.41) is 0. The van der Waals surface area contributed by atoms with Crippen molar-refractivity contribution in [2.45, 2.75) is 19.6 Å². The Hall–Kier alpha value is -0.970. The third kappa shape index (κ3) is 4.88. The molecular weight excluding hydrogens is 192 g/mol. The van der Waals surface area contributed by atoms with Crippen molar-refractivity contribution in [2.24, 2.45) is 5.73 Å². The van der Waals surface area contributed by atoms with E-state index in [2.05, 4.69) is 4.98 Å². The number of hydrogen-bond acceptors (Lipinski definition) is 4. The molecule has 0 atom stereocenters. The summed E-state index contributed by atoms with van der Waals surface area (Å²) < 4.78 is 10.3. The van der Waals surface area contributed by atoms with E-state index in [1.54, 1.807) is 13.3 Å². The van der Waals surface area contributed by atoms with Gasteiger partial charge in [-0.2, -0.15) is 0 Å². The van der Waals surface area contributed by atoms with Gasteiger partial charge in [-0.05, 0) is 18.1 Å². The summed E-state index contributed by atoms with van der Waals surface area (Å²) in [6, 6.07) is 3.92. The lowest BCUT2D eigenvalue weighted by atomic mass is 10.2. The van der Waals surface area contributed by atoms with Gasteiger partial charge in [0, 0.05) is 33.1 Å². The number of ether oxygens (including phenoxy) is 2. The van der Waals surface area contributed by atoms with Gasteiger partial charge >= 0.3 is 0 Å². The first kappa shape index (κ1) is 12.1. The second-order valence-corrected chi connectivity index (χ2v) is 3.26.